The highest BCUT2D eigenvalue weighted by Gasteiger charge is 2.17. The Kier molecular flexibility index (Phi) is 5.55. The molecule has 0 aromatic heterocycles. The molecular weight excluding hydrogens is 236 g/mol. The maximum atomic E-state index is 12.0. The van der Waals surface area contributed by atoms with E-state index in [1.165, 1.54) is 11.1 Å². The van der Waals surface area contributed by atoms with E-state index < -0.39 is 0 Å². The highest BCUT2D eigenvalue weighted by molar-refractivity contribution is 5.79. The third-order valence-electron chi connectivity index (χ3n) is 3.28. The second-order valence-corrected chi connectivity index (χ2v) is 6.08. The van der Waals surface area contributed by atoms with Crippen LogP contribution in [0.2, 0.25) is 0 Å². The highest BCUT2D eigenvalue weighted by Crippen LogP contribution is 2.13. The van der Waals surface area contributed by atoms with E-state index >= 15 is 0 Å². The molecule has 3 nitrogen and oxygen atoms in total. The van der Waals surface area contributed by atoms with Gasteiger partial charge in [0.2, 0.25) is 5.91 Å². The zero-order valence-corrected chi connectivity index (χ0v) is 12.8. The van der Waals surface area contributed by atoms with E-state index in [1.807, 2.05) is 14.0 Å². The van der Waals surface area contributed by atoms with Gasteiger partial charge in [-0.05, 0) is 37.4 Å². The van der Waals surface area contributed by atoms with Crippen LogP contribution in [0.25, 0.3) is 0 Å². The van der Waals surface area contributed by atoms with Crippen molar-refractivity contribution in [2.45, 2.75) is 34.1 Å². The molecule has 0 spiro atoms. The molecule has 1 amide bonds. The van der Waals surface area contributed by atoms with Crippen molar-refractivity contribution in [1.82, 2.24) is 10.6 Å². The molecule has 1 rings (SSSR count). The summed E-state index contributed by atoms with van der Waals surface area (Å²) in [6.45, 7) is 9.96. The molecule has 19 heavy (non-hydrogen) atoms. The number of carbonyl (C=O) groups is 1. The van der Waals surface area contributed by atoms with E-state index in [4.69, 9.17) is 0 Å². The van der Waals surface area contributed by atoms with E-state index in [0.29, 0.717) is 13.0 Å². The monoisotopic (exact) mass is 262 g/mol. The lowest BCUT2D eigenvalue weighted by molar-refractivity contribution is -0.120. The van der Waals surface area contributed by atoms with Crippen LogP contribution in [-0.4, -0.2) is 26.0 Å². The lowest BCUT2D eigenvalue weighted by Crippen LogP contribution is -2.40. The Morgan fingerprint density at radius 3 is 2.53 bits per heavy atom. The molecule has 106 valence electrons. The second kappa shape index (κ2) is 6.71. The van der Waals surface area contributed by atoms with Crippen molar-refractivity contribution in [1.29, 1.82) is 0 Å². The third kappa shape index (κ3) is 5.43. The van der Waals surface area contributed by atoms with Crippen LogP contribution in [0.4, 0.5) is 0 Å². The van der Waals surface area contributed by atoms with Crippen LogP contribution in [0.3, 0.4) is 0 Å². The number of benzene rings is 1. The maximum Gasteiger partial charge on any atom is 0.224 e. The summed E-state index contributed by atoms with van der Waals surface area (Å²) in [6.07, 6.45) is 0.461. The quantitative estimate of drug-likeness (QED) is 0.825. The smallest absolute Gasteiger partial charge is 0.224 e. The van der Waals surface area contributed by atoms with E-state index in [2.05, 4.69) is 49.6 Å². The molecule has 0 bridgehead atoms. The van der Waals surface area contributed by atoms with Crippen molar-refractivity contribution >= 4 is 5.91 Å². The molecule has 1 aromatic carbocycles. The van der Waals surface area contributed by atoms with Gasteiger partial charge in [0.25, 0.3) is 0 Å². The minimum atomic E-state index is 0.0755. The van der Waals surface area contributed by atoms with Gasteiger partial charge in [0, 0.05) is 13.1 Å². The zero-order chi connectivity index (χ0) is 14.5. The average Bonchev–Trinajstić information content (AvgIpc) is 2.31. The van der Waals surface area contributed by atoms with E-state index in [-0.39, 0.29) is 11.3 Å². The molecule has 0 saturated heterocycles. The van der Waals surface area contributed by atoms with Crippen molar-refractivity contribution in [2.75, 3.05) is 20.1 Å². The van der Waals surface area contributed by atoms with Gasteiger partial charge in [-0.3, -0.25) is 4.79 Å². The highest BCUT2D eigenvalue weighted by atomic mass is 16.1. The Hall–Kier alpha value is -1.35. The van der Waals surface area contributed by atoms with Crippen LogP contribution in [0.1, 0.15) is 30.5 Å². The van der Waals surface area contributed by atoms with Gasteiger partial charge in [-0.25, -0.2) is 0 Å². The summed E-state index contributed by atoms with van der Waals surface area (Å²) in [6, 6.07) is 6.24. The van der Waals surface area contributed by atoms with Crippen LogP contribution in [0, 0.1) is 19.3 Å². The van der Waals surface area contributed by atoms with Gasteiger partial charge >= 0.3 is 0 Å². The van der Waals surface area contributed by atoms with E-state index in [9.17, 15) is 4.79 Å². The fraction of sp³-hybridized carbons (Fsp3) is 0.562. The normalized spacial score (nSPS) is 11.4. The lowest BCUT2D eigenvalue weighted by Gasteiger charge is -2.24. The standard InChI is InChI=1S/C16H26N2O/c1-12-6-7-13(2)14(8-12)9-15(19)18-11-16(3,4)10-17-5/h6-8,17H,9-11H2,1-5H3,(H,18,19). The molecular formula is C16H26N2O. The van der Waals surface area contributed by atoms with Gasteiger partial charge in [-0.2, -0.15) is 0 Å². The molecule has 0 saturated carbocycles. The molecule has 0 aliphatic carbocycles. The maximum absolute atomic E-state index is 12.0. The number of carbonyl (C=O) groups excluding carboxylic acids is 1. The Morgan fingerprint density at radius 1 is 1.21 bits per heavy atom. The fourth-order valence-electron chi connectivity index (χ4n) is 2.11. The van der Waals surface area contributed by atoms with E-state index in [0.717, 1.165) is 12.1 Å². The first kappa shape index (κ1) is 15.7. The number of hydrogen-bond donors (Lipinski definition) is 2. The molecule has 0 aliphatic rings. The lowest BCUT2D eigenvalue weighted by atomic mass is 9.93. The molecule has 1 aromatic rings. The SMILES string of the molecule is CNCC(C)(C)CNC(=O)Cc1cc(C)ccc1C. The minimum absolute atomic E-state index is 0.0755. The molecule has 2 N–H and O–H groups in total. The summed E-state index contributed by atoms with van der Waals surface area (Å²) >= 11 is 0. The largest absolute Gasteiger partial charge is 0.355 e. The summed E-state index contributed by atoms with van der Waals surface area (Å²) < 4.78 is 0. The Balaban J connectivity index is 2.54. The number of aryl methyl sites for hydroxylation is 2. The predicted molar refractivity (Wildman–Crippen MR) is 80.3 cm³/mol. The van der Waals surface area contributed by atoms with Crippen molar-refractivity contribution in [2.24, 2.45) is 5.41 Å². The third-order valence-corrected chi connectivity index (χ3v) is 3.28. The fourth-order valence-corrected chi connectivity index (χ4v) is 2.11. The summed E-state index contributed by atoms with van der Waals surface area (Å²) in [7, 11) is 1.93. The summed E-state index contributed by atoms with van der Waals surface area (Å²) in [5, 5.41) is 6.17. The molecule has 3 heteroatoms. The molecule has 0 radical (unpaired) electrons. The van der Waals surface area contributed by atoms with Gasteiger partial charge in [0.1, 0.15) is 0 Å². The Morgan fingerprint density at radius 2 is 1.89 bits per heavy atom. The zero-order valence-electron chi connectivity index (χ0n) is 12.8. The number of nitrogens with one attached hydrogen (secondary N) is 2. The van der Waals surface area contributed by atoms with Crippen LogP contribution >= 0.6 is 0 Å². The van der Waals surface area contributed by atoms with Gasteiger partial charge in [0.05, 0.1) is 6.42 Å². The number of rotatable bonds is 6. The van der Waals surface area contributed by atoms with Gasteiger partial charge in [0.15, 0.2) is 0 Å². The van der Waals surface area contributed by atoms with E-state index in [1.54, 1.807) is 0 Å². The first-order valence-corrected chi connectivity index (χ1v) is 6.81. The van der Waals surface area contributed by atoms with Crippen LogP contribution in [0.15, 0.2) is 18.2 Å². The molecule has 0 atom stereocenters. The van der Waals surface area contributed by atoms with Crippen molar-refractivity contribution in [3.63, 3.8) is 0 Å². The van der Waals surface area contributed by atoms with Gasteiger partial charge in [-0.1, -0.05) is 37.6 Å². The Bertz CT molecular complexity index is 438. The first-order valence-electron chi connectivity index (χ1n) is 6.81. The predicted octanol–water partition coefficient (Wildman–Crippen LogP) is 2.21. The second-order valence-electron chi connectivity index (χ2n) is 6.08. The summed E-state index contributed by atoms with van der Waals surface area (Å²) in [4.78, 5) is 12.0. The minimum Gasteiger partial charge on any atom is -0.355 e. The van der Waals surface area contributed by atoms with Gasteiger partial charge in [-0.15, -0.1) is 0 Å². The van der Waals surface area contributed by atoms with Crippen LogP contribution in [0.5, 0.6) is 0 Å². The Labute approximate surface area is 116 Å². The molecule has 0 aliphatic heterocycles. The number of hydrogen-bond acceptors (Lipinski definition) is 2. The molecule has 0 unspecified atom stereocenters. The summed E-state index contributed by atoms with van der Waals surface area (Å²) in [5.41, 5.74) is 3.56. The van der Waals surface area contributed by atoms with Crippen molar-refractivity contribution < 1.29 is 4.79 Å². The molecule has 0 fully saturated rings. The topological polar surface area (TPSA) is 41.1 Å². The van der Waals surface area contributed by atoms with Crippen LogP contribution in [-0.2, 0) is 11.2 Å². The van der Waals surface area contributed by atoms with Crippen molar-refractivity contribution in [3.8, 4) is 0 Å². The van der Waals surface area contributed by atoms with Crippen molar-refractivity contribution in [3.05, 3.63) is 34.9 Å². The van der Waals surface area contributed by atoms with Gasteiger partial charge < -0.3 is 10.6 Å². The molecule has 0 heterocycles. The first-order chi connectivity index (χ1) is 8.84. The van der Waals surface area contributed by atoms with Crippen LogP contribution < -0.4 is 10.6 Å². The number of amides is 1. The average molecular weight is 262 g/mol. The summed E-state index contributed by atoms with van der Waals surface area (Å²) in [5.74, 6) is 0.0953.